The molecule has 0 spiro atoms. The molecule has 5 rings (SSSR count). The van der Waals surface area contributed by atoms with Crippen molar-refractivity contribution in [3.05, 3.63) is 81.4 Å². The van der Waals surface area contributed by atoms with Crippen molar-refractivity contribution in [3.8, 4) is 0 Å². The van der Waals surface area contributed by atoms with Gasteiger partial charge in [0, 0.05) is 30.0 Å². The summed E-state index contributed by atoms with van der Waals surface area (Å²) >= 11 is 12.5. The molecule has 1 fully saturated rings. The number of aromatic nitrogens is 1. The van der Waals surface area contributed by atoms with Gasteiger partial charge < -0.3 is 25.1 Å². The Morgan fingerprint density at radius 2 is 2.00 bits per heavy atom. The molecule has 14 heteroatoms. The number of hydrogen-bond donors (Lipinski definition) is 4. The van der Waals surface area contributed by atoms with Gasteiger partial charge in [-0.25, -0.2) is 0 Å². The number of rotatable bonds is 8. The smallest absolute Gasteiger partial charge is 0.299 e. The highest BCUT2D eigenvalue weighted by atomic mass is 35.5. The summed E-state index contributed by atoms with van der Waals surface area (Å²) in [5, 5.41) is 10.9. The van der Waals surface area contributed by atoms with Crippen LogP contribution in [0.2, 0.25) is 10.0 Å². The number of thiol groups is 1. The Bertz CT molecular complexity index is 1510. The van der Waals surface area contributed by atoms with Crippen LogP contribution in [0.4, 0.5) is 5.69 Å². The van der Waals surface area contributed by atoms with E-state index in [1.165, 1.54) is 18.2 Å². The molecule has 40 heavy (non-hydrogen) atoms. The van der Waals surface area contributed by atoms with Crippen molar-refractivity contribution in [1.82, 2.24) is 20.6 Å². The van der Waals surface area contributed by atoms with E-state index >= 15 is 0 Å². The average molecular weight is 606 g/mol. The van der Waals surface area contributed by atoms with Crippen LogP contribution in [-0.4, -0.2) is 55.1 Å². The van der Waals surface area contributed by atoms with Crippen LogP contribution in [0.3, 0.4) is 0 Å². The predicted octanol–water partition coefficient (Wildman–Crippen LogP) is 3.18. The molecule has 3 N–H and O–H groups in total. The minimum atomic E-state index is -3.30. The van der Waals surface area contributed by atoms with E-state index in [1.54, 1.807) is 35.5 Å². The van der Waals surface area contributed by atoms with Crippen LogP contribution in [0.15, 0.2) is 65.2 Å². The Morgan fingerprint density at radius 1 is 1.20 bits per heavy atom. The molecule has 1 aromatic carbocycles. The molecule has 2 atom stereocenters. The Balaban J connectivity index is 1.40. The van der Waals surface area contributed by atoms with E-state index in [1.807, 2.05) is 6.92 Å². The Morgan fingerprint density at radius 3 is 2.73 bits per heavy atom. The molecule has 0 bridgehead atoms. The standard InChI is InChI=1S/C26H26Cl2N6O5S/c1-14(15-4-5-15)31-25(35)17-11-16(27)6-7-21(17)32-26(36)19-13-34(10-8-22(19)39-40(37)38)24-18(12-30-33-24)23-20(28)3-2-9-29-23/h2-3,6-11,14-15,18,30,40H,4-5,12-13H2,1H3,(H,31,35)(H,32,36). The van der Waals surface area contributed by atoms with Crippen molar-refractivity contribution in [3.63, 3.8) is 0 Å². The van der Waals surface area contributed by atoms with Gasteiger partial charge in [0.15, 0.2) is 5.76 Å². The molecule has 11 nitrogen and oxygen atoms in total. The fraction of sp³-hybridized carbons (Fsp3) is 0.308. The molecule has 0 radical (unpaired) electrons. The summed E-state index contributed by atoms with van der Waals surface area (Å²) in [7, 11) is -3.30. The van der Waals surface area contributed by atoms with E-state index in [0.717, 1.165) is 12.8 Å². The van der Waals surface area contributed by atoms with Crippen molar-refractivity contribution >= 4 is 57.5 Å². The van der Waals surface area contributed by atoms with Crippen LogP contribution in [0.25, 0.3) is 0 Å². The molecule has 1 aliphatic carbocycles. The van der Waals surface area contributed by atoms with E-state index in [9.17, 15) is 18.0 Å². The number of halogens is 2. The van der Waals surface area contributed by atoms with Crippen LogP contribution < -0.4 is 16.1 Å². The SMILES string of the molecule is CC(NC(=O)c1cc(Cl)ccc1NC(=O)C1=C(O[SH](=O)=O)C=CN(C2=NNCC2c2ncccc2Cl)C1)C1CC1. The van der Waals surface area contributed by atoms with E-state index in [2.05, 4.69) is 26.1 Å². The first-order chi connectivity index (χ1) is 19.2. The first kappa shape index (κ1) is 27.9. The van der Waals surface area contributed by atoms with Crippen molar-refractivity contribution in [1.29, 1.82) is 0 Å². The number of carbonyl (C=O) groups excluding carboxylic acids is 2. The zero-order chi connectivity index (χ0) is 28.4. The van der Waals surface area contributed by atoms with Gasteiger partial charge in [0.25, 0.3) is 22.8 Å². The van der Waals surface area contributed by atoms with Gasteiger partial charge >= 0.3 is 0 Å². The molecular formula is C26H26Cl2N6O5S. The molecule has 3 aliphatic rings. The number of carbonyl (C=O) groups is 2. The van der Waals surface area contributed by atoms with E-state index in [-0.39, 0.29) is 47.0 Å². The summed E-state index contributed by atoms with van der Waals surface area (Å²) in [6.45, 7) is 2.29. The predicted molar refractivity (Wildman–Crippen MR) is 151 cm³/mol. The second-order valence-corrected chi connectivity index (χ2v) is 11.1. The minimum absolute atomic E-state index is 0.00910. The maximum Gasteiger partial charge on any atom is 0.299 e. The maximum absolute atomic E-state index is 13.6. The summed E-state index contributed by atoms with van der Waals surface area (Å²) in [5.41, 5.74) is 3.96. The number of amides is 2. The molecule has 3 heterocycles. The highest BCUT2D eigenvalue weighted by Crippen LogP contribution is 2.33. The van der Waals surface area contributed by atoms with Crippen LogP contribution in [0.1, 0.15) is 41.7 Å². The molecule has 1 aromatic heterocycles. The number of anilines is 1. The zero-order valence-corrected chi connectivity index (χ0v) is 23.7. The number of hydrazone groups is 1. The number of benzene rings is 1. The van der Waals surface area contributed by atoms with Gasteiger partial charge in [-0.3, -0.25) is 14.6 Å². The normalized spacial score (nSPS) is 19.2. The van der Waals surface area contributed by atoms with Gasteiger partial charge in [-0.05, 0) is 62.1 Å². The van der Waals surface area contributed by atoms with Crippen molar-refractivity contribution in [2.75, 3.05) is 18.4 Å². The number of allylic oxidation sites excluding steroid dienone is 1. The Labute approximate surface area is 242 Å². The topological polar surface area (TPSA) is 142 Å². The van der Waals surface area contributed by atoms with Crippen molar-refractivity contribution in [2.24, 2.45) is 11.0 Å². The Hall–Kier alpha value is -3.61. The number of amidine groups is 1. The fourth-order valence-electron chi connectivity index (χ4n) is 4.60. The van der Waals surface area contributed by atoms with E-state index in [4.69, 9.17) is 27.4 Å². The van der Waals surface area contributed by atoms with Gasteiger partial charge in [0.05, 0.1) is 40.0 Å². The Kier molecular flexibility index (Phi) is 8.29. The third-order valence-electron chi connectivity index (χ3n) is 6.85. The monoisotopic (exact) mass is 604 g/mol. The van der Waals surface area contributed by atoms with Crippen LogP contribution in [0, 0.1) is 5.92 Å². The summed E-state index contributed by atoms with van der Waals surface area (Å²) < 4.78 is 27.8. The lowest BCUT2D eigenvalue weighted by Crippen LogP contribution is -2.37. The van der Waals surface area contributed by atoms with Gasteiger partial charge in [0.1, 0.15) is 5.84 Å². The molecule has 210 valence electrons. The lowest BCUT2D eigenvalue weighted by Gasteiger charge is -2.28. The third kappa shape index (κ3) is 6.24. The molecule has 2 amide bonds. The number of nitrogens with zero attached hydrogens (tertiary/aromatic N) is 3. The molecule has 2 aliphatic heterocycles. The van der Waals surface area contributed by atoms with Gasteiger partial charge in [-0.1, -0.05) is 23.2 Å². The first-order valence-corrected chi connectivity index (χ1v) is 14.4. The van der Waals surface area contributed by atoms with Crippen molar-refractivity contribution in [2.45, 2.75) is 31.7 Å². The fourth-order valence-corrected chi connectivity index (χ4v) is 5.36. The van der Waals surface area contributed by atoms with Crippen LogP contribution in [0.5, 0.6) is 0 Å². The maximum atomic E-state index is 13.6. The molecular weight excluding hydrogens is 579 g/mol. The largest absolute Gasteiger partial charge is 0.384 e. The lowest BCUT2D eigenvalue weighted by atomic mass is 10.0. The average Bonchev–Trinajstić information content (AvgIpc) is 3.67. The van der Waals surface area contributed by atoms with Crippen molar-refractivity contribution < 1.29 is 22.2 Å². The number of hydrogen-bond acceptors (Lipinski definition) is 9. The number of nitrogens with one attached hydrogen (secondary N) is 3. The summed E-state index contributed by atoms with van der Waals surface area (Å²) in [6.07, 6.45) is 6.68. The summed E-state index contributed by atoms with van der Waals surface area (Å²) in [5.74, 6) is -0.539. The quantitative estimate of drug-likeness (QED) is 0.337. The number of pyridine rings is 1. The molecule has 2 unspecified atom stereocenters. The first-order valence-electron chi connectivity index (χ1n) is 12.5. The summed E-state index contributed by atoms with van der Waals surface area (Å²) in [4.78, 5) is 32.7. The van der Waals surface area contributed by atoms with E-state index < -0.39 is 16.9 Å². The highest BCUT2D eigenvalue weighted by Gasteiger charge is 2.34. The second-order valence-electron chi connectivity index (χ2n) is 9.60. The minimum Gasteiger partial charge on any atom is -0.384 e. The second kappa shape index (κ2) is 11.9. The lowest BCUT2D eigenvalue weighted by molar-refractivity contribution is -0.113. The van der Waals surface area contributed by atoms with E-state index in [0.29, 0.717) is 34.0 Å². The summed E-state index contributed by atoms with van der Waals surface area (Å²) in [6, 6.07) is 7.97. The molecule has 0 saturated heterocycles. The third-order valence-corrected chi connectivity index (χ3v) is 7.75. The van der Waals surface area contributed by atoms with Gasteiger partial charge in [-0.15, -0.1) is 0 Å². The molecule has 1 saturated carbocycles. The molecule has 2 aromatic rings. The zero-order valence-electron chi connectivity index (χ0n) is 21.3. The van der Waals surface area contributed by atoms with Crippen LogP contribution in [-0.2, 0) is 20.0 Å². The van der Waals surface area contributed by atoms with Crippen LogP contribution >= 0.6 is 23.2 Å². The van der Waals surface area contributed by atoms with Gasteiger partial charge in [0.2, 0.25) is 0 Å². The highest BCUT2D eigenvalue weighted by molar-refractivity contribution is 7.67. The van der Waals surface area contributed by atoms with Gasteiger partial charge in [-0.2, -0.15) is 13.5 Å².